The van der Waals surface area contributed by atoms with Crippen molar-refractivity contribution < 1.29 is 14.6 Å². The molecule has 0 saturated heterocycles. The normalized spacial score (nSPS) is 10.6. The molecule has 0 bridgehead atoms. The number of aromatic nitrogens is 2. The number of hydrogen-bond acceptors (Lipinski definition) is 5. The van der Waals surface area contributed by atoms with Gasteiger partial charge < -0.3 is 9.84 Å². The second-order valence-corrected chi connectivity index (χ2v) is 4.12. The van der Waals surface area contributed by atoms with E-state index in [1.165, 1.54) is 12.3 Å². The van der Waals surface area contributed by atoms with Gasteiger partial charge in [0.25, 0.3) is 0 Å². The zero-order valence-corrected chi connectivity index (χ0v) is 10.8. The van der Waals surface area contributed by atoms with Crippen molar-refractivity contribution in [1.82, 2.24) is 9.97 Å². The van der Waals surface area contributed by atoms with Gasteiger partial charge in [0.15, 0.2) is 5.15 Å². The smallest absolute Gasteiger partial charge is 0.343 e. The van der Waals surface area contributed by atoms with Crippen LogP contribution in [0, 0.1) is 0 Å². The second kappa shape index (κ2) is 4.96. The highest BCUT2D eigenvalue weighted by Crippen LogP contribution is 2.32. The molecule has 2 aromatic heterocycles. The van der Waals surface area contributed by atoms with Crippen LogP contribution in [0.15, 0.2) is 12.3 Å². The van der Waals surface area contributed by atoms with Crippen LogP contribution in [0.2, 0.25) is 10.3 Å². The van der Waals surface area contributed by atoms with Crippen LogP contribution in [-0.2, 0) is 4.74 Å². The van der Waals surface area contributed by atoms with E-state index >= 15 is 0 Å². The summed E-state index contributed by atoms with van der Waals surface area (Å²) in [5.41, 5.74) is 0.231. The maximum atomic E-state index is 11.6. The lowest BCUT2D eigenvalue weighted by molar-refractivity contribution is 0.0523. The second-order valence-electron chi connectivity index (χ2n) is 3.37. The van der Waals surface area contributed by atoms with Gasteiger partial charge in [0.05, 0.1) is 6.61 Å². The molecule has 5 nitrogen and oxygen atoms in total. The molecule has 0 aliphatic heterocycles. The SMILES string of the molecule is CCOC(=O)c1cnc2c(Cl)nc(Cl)cc2c1O. The largest absolute Gasteiger partial charge is 0.506 e. The monoisotopic (exact) mass is 286 g/mol. The van der Waals surface area contributed by atoms with E-state index in [1.807, 2.05) is 0 Å². The van der Waals surface area contributed by atoms with Gasteiger partial charge in [-0.2, -0.15) is 0 Å². The quantitative estimate of drug-likeness (QED) is 0.679. The summed E-state index contributed by atoms with van der Waals surface area (Å²) in [6.07, 6.45) is 1.19. The number of fused-ring (bicyclic) bond motifs is 1. The molecule has 7 heteroatoms. The van der Waals surface area contributed by atoms with Gasteiger partial charge in [-0.25, -0.2) is 9.78 Å². The molecule has 0 aromatic carbocycles. The molecular weight excluding hydrogens is 279 g/mol. The van der Waals surface area contributed by atoms with Crippen molar-refractivity contribution in [3.8, 4) is 5.75 Å². The summed E-state index contributed by atoms with van der Waals surface area (Å²) in [5, 5.41) is 10.4. The van der Waals surface area contributed by atoms with Crippen LogP contribution in [-0.4, -0.2) is 27.7 Å². The highest BCUT2D eigenvalue weighted by atomic mass is 35.5. The molecule has 0 amide bonds. The summed E-state index contributed by atoms with van der Waals surface area (Å²) in [4.78, 5) is 19.3. The molecule has 2 heterocycles. The third-order valence-corrected chi connectivity index (χ3v) is 2.70. The van der Waals surface area contributed by atoms with E-state index in [0.29, 0.717) is 0 Å². The number of hydrogen-bond donors (Lipinski definition) is 1. The lowest BCUT2D eigenvalue weighted by Gasteiger charge is -2.07. The van der Waals surface area contributed by atoms with E-state index in [2.05, 4.69) is 9.97 Å². The van der Waals surface area contributed by atoms with Crippen molar-refractivity contribution in [2.24, 2.45) is 0 Å². The van der Waals surface area contributed by atoms with Crippen molar-refractivity contribution in [3.05, 3.63) is 28.1 Å². The Hall–Kier alpha value is -1.59. The minimum absolute atomic E-state index is 0.0392. The Balaban J connectivity index is 2.67. The van der Waals surface area contributed by atoms with Gasteiger partial charge in [0, 0.05) is 11.6 Å². The molecule has 0 atom stereocenters. The van der Waals surface area contributed by atoms with Gasteiger partial charge in [-0.15, -0.1) is 0 Å². The lowest BCUT2D eigenvalue weighted by Crippen LogP contribution is -2.06. The van der Waals surface area contributed by atoms with Crippen LogP contribution >= 0.6 is 23.2 Å². The van der Waals surface area contributed by atoms with Gasteiger partial charge in [-0.05, 0) is 13.0 Å². The van der Waals surface area contributed by atoms with Crippen LogP contribution in [0.1, 0.15) is 17.3 Å². The first kappa shape index (κ1) is 12.9. The molecule has 1 N–H and O–H groups in total. The predicted octanol–water partition coefficient (Wildman–Crippen LogP) is 2.82. The fourth-order valence-corrected chi connectivity index (χ4v) is 1.95. The number of ether oxygens (including phenoxy) is 1. The highest BCUT2D eigenvalue weighted by molar-refractivity contribution is 6.36. The van der Waals surface area contributed by atoms with Crippen LogP contribution < -0.4 is 0 Å². The Bertz CT molecular complexity index is 631. The summed E-state index contributed by atoms with van der Waals surface area (Å²) in [7, 11) is 0. The van der Waals surface area contributed by atoms with Crippen LogP contribution in [0.3, 0.4) is 0 Å². The molecule has 0 spiro atoms. The van der Waals surface area contributed by atoms with Gasteiger partial charge in [-0.3, -0.25) is 4.98 Å². The maximum Gasteiger partial charge on any atom is 0.343 e. The Morgan fingerprint density at radius 3 is 2.89 bits per heavy atom. The van der Waals surface area contributed by atoms with Crippen molar-refractivity contribution in [3.63, 3.8) is 0 Å². The topological polar surface area (TPSA) is 72.3 Å². The zero-order valence-electron chi connectivity index (χ0n) is 9.28. The van der Waals surface area contributed by atoms with Crippen molar-refractivity contribution in [2.75, 3.05) is 6.61 Å². The number of pyridine rings is 2. The minimum atomic E-state index is -0.659. The molecule has 0 aliphatic carbocycles. The van der Waals surface area contributed by atoms with Crippen LogP contribution in [0.5, 0.6) is 5.75 Å². The molecule has 94 valence electrons. The molecule has 0 unspecified atom stereocenters. The fourth-order valence-electron chi connectivity index (χ4n) is 1.47. The van der Waals surface area contributed by atoms with Crippen LogP contribution in [0.25, 0.3) is 10.9 Å². The van der Waals surface area contributed by atoms with Gasteiger partial charge in [0.2, 0.25) is 0 Å². The predicted molar refractivity (Wildman–Crippen MR) is 67.2 cm³/mol. The molecule has 2 aromatic rings. The molecule has 0 fully saturated rings. The summed E-state index contributed by atoms with van der Waals surface area (Å²) in [6, 6.07) is 1.38. The van der Waals surface area contributed by atoms with Crippen LogP contribution in [0.4, 0.5) is 0 Å². The summed E-state index contributed by atoms with van der Waals surface area (Å²) >= 11 is 11.6. The Labute approximate surface area is 112 Å². The van der Waals surface area contributed by atoms with E-state index in [9.17, 15) is 9.90 Å². The molecule has 0 aliphatic rings. The summed E-state index contributed by atoms with van der Waals surface area (Å²) in [6.45, 7) is 1.87. The third kappa shape index (κ3) is 2.19. The van der Waals surface area contributed by atoms with Crippen molar-refractivity contribution >= 4 is 40.1 Å². The van der Waals surface area contributed by atoms with E-state index in [-0.39, 0.29) is 39.1 Å². The standard InChI is InChI=1S/C11H8Cl2N2O3/c1-2-18-11(17)6-4-14-8-5(9(6)16)3-7(12)15-10(8)13/h3-4H,2H2,1H3,(H,14,16). The molecule has 0 radical (unpaired) electrons. The maximum absolute atomic E-state index is 11.6. The molecule has 2 rings (SSSR count). The minimum Gasteiger partial charge on any atom is -0.506 e. The van der Waals surface area contributed by atoms with Crippen molar-refractivity contribution in [2.45, 2.75) is 6.92 Å². The van der Waals surface area contributed by atoms with Gasteiger partial charge in [0.1, 0.15) is 22.0 Å². The van der Waals surface area contributed by atoms with E-state index in [4.69, 9.17) is 27.9 Å². The van der Waals surface area contributed by atoms with Gasteiger partial charge in [-0.1, -0.05) is 23.2 Å². The van der Waals surface area contributed by atoms with Crippen molar-refractivity contribution in [1.29, 1.82) is 0 Å². The summed E-state index contributed by atoms with van der Waals surface area (Å²) in [5.74, 6) is -0.932. The average Bonchev–Trinajstić information content (AvgIpc) is 2.30. The number of carbonyl (C=O) groups is 1. The van der Waals surface area contributed by atoms with E-state index in [0.717, 1.165) is 0 Å². The first-order chi connectivity index (χ1) is 8.54. The molecule has 0 saturated carbocycles. The molecule has 18 heavy (non-hydrogen) atoms. The Morgan fingerprint density at radius 2 is 2.22 bits per heavy atom. The zero-order chi connectivity index (χ0) is 13.3. The van der Waals surface area contributed by atoms with Gasteiger partial charge >= 0.3 is 5.97 Å². The highest BCUT2D eigenvalue weighted by Gasteiger charge is 2.18. The number of aromatic hydroxyl groups is 1. The lowest BCUT2D eigenvalue weighted by atomic mass is 10.1. The first-order valence-electron chi connectivity index (χ1n) is 5.05. The number of carbonyl (C=O) groups excluding carboxylic acids is 1. The number of halogens is 2. The first-order valence-corrected chi connectivity index (χ1v) is 5.81. The fraction of sp³-hybridized carbons (Fsp3) is 0.182. The Kier molecular flexibility index (Phi) is 3.54. The third-order valence-electron chi connectivity index (χ3n) is 2.25. The van der Waals surface area contributed by atoms with E-state index < -0.39 is 5.97 Å². The summed E-state index contributed by atoms with van der Waals surface area (Å²) < 4.78 is 4.80. The molecular formula is C11H8Cl2N2O3. The number of esters is 1. The Morgan fingerprint density at radius 1 is 1.50 bits per heavy atom. The number of rotatable bonds is 2. The number of nitrogens with zero attached hydrogens (tertiary/aromatic N) is 2. The van der Waals surface area contributed by atoms with E-state index in [1.54, 1.807) is 6.92 Å². The average molecular weight is 287 g/mol.